The highest BCUT2D eigenvalue weighted by Gasteiger charge is 2.35. The standard InChI is InChI=1S/C20H20ClF2N3O3S/c1-9(24-10(2)27)16-8-14(26-29-16)11-6-12(7-11)28-15-5-4-13-18(17(15)21)30-19(25-13)20(3,22)23/h4-5,8-9,11-12H,6-7H2,1-3H3,(H,24,27)/t9-,11?,12?/m0/s1. The van der Waals surface area contributed by atoms with Crippen LogP contribution < -0.4 is 10.1 Å². The number of fused-ring (bicyclic) bond motifs is 1. The van der Waals surface area contributed by atoms with Crippen LogP contribution in [0, 0.1) is 0 Å². The molecule has 1 aromatic carbocycles. The lowest BCUT2D eigenvalue weighted by Gasteiger charge is -2.34. The molecule has 0 spiro atoms. The number of ether oxygens (including phenoxy) is 1. The monoisotopic (exact) mass is 455 g/mol. The van der Waals surface area contributed by atoms with Crippen LogP contribution in [0.5, 0.6) is 5.75 Å². The molecule has 1 N–H and O–H groups in total. The highest BCUT2D eigenvalue weighted by Crippen LogP contribution is 2.44. The number of carbonyl (C=O) groups excluding carboxylic acids is 1. The van der Waals surface area contributed by atoms with Gasteiger partial charge in [-0.3, -0.25) is 4.79 Å². The van der Waals surface area contributed by atoms with Crippen LogP contribution >= 0.6 is 22.9 Å². The van der Waals surface area contributed by atoms with Gasteiger partial charge in [0, 0.05) is 25.8 Å². The van der Waals surface area contributed by atoms with E-state index in [0.717, 1.165) is 36.8 Å². The number of nitrogens with one attached hydrogen (secondary N) is 1. The van der Waals surface area contributed by atoms with Gasteiger partial charge in [-0.05, 0) is 31.9 Å². The number of alkyl halides is 2. The summed E-state index contributed by atoms with van der Waals surface area (Å²) < 4.78 is 38.9. The second-order valence-electron chi connectivity index (χ2n) is 7.62. The Kier molecular flexibility index (Phi) is 5.44. The number of benzene rings is 1. The fourth-order valence-electron chi connectivity index (χ4n) is 3.38. The van der Waals surface area contributed by atoms with E-state index in [1.165, 1.54) is 6.92 Å². The predicted molar refractivity (Wildman–Crippen MR) is 109 cm³/mol. The maximum Gasteiger partial charge on any atom is 0.296 e. The third kappa shape index (κ3) is 4.13. The van der Waals surface area contributed by atoms with Gasteiger partial charge in [0.25, 0.3) is 5.92 Å². The highest BCUT2D eigenvalue weighted by molar-refractivity contribution is 7.19. The Balaban J connectivity index is 1.40. The van der Waals surface area contributed by atoms with E-state index in [9.17, 15) is 13.6 Å². The van der Waals surface area contributed by atoms with Crippen LogP contribution in [0.25, 0.3) is 10.2 Å². The van der Waals surface area contributed by atoms with Crippen molar-refractivity contribution in [3.8, 4) is 5.75 Å². The van der Waals surface area contributed by atoms with Crippen LogP contribution in [0.4, 0.5) is 8.78 Å². The van der Waals surface area contributed by atoms with Crippen molar-refractivity contribution in [2.75, 3.05) is 0 Å². The van der Waals surface area contributed by atoms with Crippen molar-refractivity contribution in [3.05, 3.63) is 39.7 Å². The number of amides is 1. The molecule has 3 aromatic rings. The van der Waals surface area contributed by atoms with E-state index in [-0.39, 0.29) is 29.0 Å². The quantitative estimate of drug-likeness (QED) is 0.525. The van der Waals surface area contributed by atoms with E-state index < -0.39 is 5.92 Å². The minimum absolute atomic E-state index is 0.0575. The van der Waals surface area contributed by atoms with Crippen LogP contribution in [-0.2, 0) is 10.7 Å². The van der Waals surface area contributed by atoms with Crippen LogP contribution in [0.2, 0.25) is 5.02 Å². The molecule has 0 bridgehead atoms. The largest absolute Gasteiger partial charge is 0.489 e. The summed E-state index contributed by atoms with van der Waals surface area (Å²) in [4.78, 5) is 15.1. The molecular weight excluding hydrogens is 436 g/mol. The molecule has 1 amide bonds. The normalized spacial score (nSPS) is 20.1. The average Bonchev–Trinajstić information content (AvgIpc) is 3.26. The first-order valence-electron chi connectivity index (χ1n) is 9.49. The maximum absolute atomic E-state index is 13.6. The summed E-state index contributed by atoms with van der Waals surface area (Å²) in [5.74, 6) is -1.90. The van der Waals surface area contributed by atoms with Gasteiger partial charge in [0.15, 0.2) is 10.8 Å². The summed E-state index contributed by atoms with van der Waals surface area (Å²) in [6.45, 7) is 4.09. The van der Waals surface area contributed by atoms with Gasteiger partial charge in [0.05, 0.1) is 22.0 Å². The summed E-state index contributed by atoms with van der Waals surface area (Å²) in [5.41, 5.74) is 1.25. The molecule has 0 aliphatic heterocycles. The summed E-state index contributed by atoms with van der Waals surface area (Å²) in [7, 11) is 0. The molecule has 1 aliphatic carbocycles. The minimum atomic E-state index is -3.01. The van der Waals surface area contributed by atoms with Crippen LogP contribution in [0.3, 0.4) is 0 Å². The van der Waals surface area contributed by atoms with Gasteiger partial charge in [-0.15, -0.1) is 11.3 Å². The van der Waals surface area contributed by atoms with E-state index in [1.54, 1.807) is 12.1 Å². The number of hydrogen-bond acceptors (Lipinski definition) is 6. The van der Waals surface area contributed by atoms with Crippen LogP contribution in [0.15, 0.2) is 22.7 Å². The Labute approximate surface area is 180 Å². The Bertz CT molecular complexity index is 1090. The van der Waals surface area contributed by atoms with Crippen molar-refractivity contribution in [3.63, 3.8) is 0 Å². The zero-order valence-corrected chi connectivity index (χ0v) is 18.1. The van der Waals surface area contributed by atoms with Gasteiger partial charge in [0.1, 0.15) is 16.9 Å². The Morgan fingerprint density at radius 3 is 2.83 bits per heavy atom. The van der Waals surface area contributed by atoms with Crippen molar-refractivity contribution < 1.29 is 22.8 Å². The molecule has 30 heavy (non-hydrogen) atoms. The fraction of sp³-hybridized carbons (Fsp3) is 0.450. The van der Waals surface area contributed by atoms with E-state index >= 15 is 0 Å². The molecule has 0 radical (unpaired) electrons. The van der Waals surface area contributed by atoms with E-state index in [0.29, 0.717) is 26.7 Å². The summed E-state index contributed by atoms with van der Waals surface area (Å²) in [6.07, 6.45) is 1.41. The molecule has 4 rings (SSSR count). The Morgan fingerprint density at radius 1 is 1.43 bits per heavy atom. The van der Waals surface area contributed by atoms with Gasteiger partial charge >= 0.3 is 0 Å². The number of halogens is 3. The average molecular weight is 456 g/mol. The fourth-order valence-corrected chi connectivity index (χ4v) is 4.62. The topological polar surface area (TPSA) is 77.2 Å². The minimum Gasteiger partial charge on any atom is -0.489 e. The van der Waals surface area contributed by atoms with Crippen molar-refractivity contribution >= 4 is 39.1 Å². The first-order valence-corrected chi connectivity index (χ1v) is 10.7. The van der Waals surface area contributed by atoms with Crippen LogP contribution in [0.1, 0.15) is 62.0 Å². The lowest BCUT2D eigenvalue weighted by molar-refractivity contribution is -0.119. The predicted octanol–water partition coefficient (Wildman–Crippen LogP) is 5.57. The van der Waals surface area contributed by atoms with Gasteiger partial charge in [-0.25, -0.2) is 4.98 Å². The van der Waals surface area contributed by atoms with Gasteiger partial charge in [0.2, 0.25) is 5.91 Å². The van der Waals surface area contributed by atoms with E-state index in [1.807, 2.05) is 13.0 Å². The third-order valence-corrected chi connectivity index (χ3v) is 6.78. The van der Waals surface area contributed by atoms with Crippen LogP contribution in [-0.4, -0.2) is 22.2 Å². The number of nitrogens with zero attached hydrogens (tertiary/aromatic N) is 2. The molecular formula is C20H20ClF2N3O3S. The molecule has 1 fully saturated rings. The second-order valence-corrected chi connectivity index (χ2v) is 8.99. The molecule has 10 heteroatoms. The van der Waals surface area contributed by atoms with Crippen molar-refractivity contribution in [1.82, 2.24) is 15.5 Å². The summed E-state index contributed by atoms with van der Waals surface area (Å²) in [5, 5.41) is 6.90. The van der Waals surface area contributed by atoms with Gasteiger partial charge in [-0.2, -0.15) is 8.78 Å². The van der Waals surface area contributed by atoms with E-state index in [4.69, 9.17) is 20.9 Å². The first kappa shape index (κ1) is 21.0. The molecule has 0 saturated heterocycles. The zero-order valence-electron chi connectivity index (χ0n) is 16.5. The number of rotatable bonds is 6. The molecule has 2 aromatic heterocycles. The first-order chi connectivity index (χ1) is 14.1. The molecule has 0 unspecified atom stereocenters. The number of carbonyl (C=O) groups is 1. The van der Waals surface area contributed by atoms with E-state index in [2.05, 4.69) is 15.5 Å². The lowest BCUT2D eigenvalue weighted by Crippen LogP contribution is -2.32. The van der Waals surface area contributed by atoms with Crippen molar-refractivity contribution in [2.45, 2.75) is 57.6 Å². The molecule has 6 nitrogen and oxygen atoms in total. The Hall–Kier alpha value is -2.26. The number of aromatic nitrogens is 2. The molecule has 2 heterocycles. The Morgan fingerprint density at radius 2 is 2.17 bits per heavy atom. The highest BCUT2D eigenvalue weighted by atomic mass is 35.5. The third-order valence-electron chi connectivity index (χ3n) is 5.04. The number of hydrogen-bond donors (Lipinski definition) is 1. The van der Waals surface area contributed by atoms with Gasteiger partial charge < -0.3 is 14.6 Å². The maximum atomic E-state index is 13.6. The second kappa shape index (κ2) is 7.77. The summed E-state index contributed by atoms with van der Waals surface area (Å²) >= 11 is 7.28. The molecule has 160 valence electrons. The molecule has 1 aliphatic rings. The van der Waals surface area contributed by atoms with Crippen molar-refractivity contribution in [1.29, 1.82) is 0 Å². The van der Waals surface area contributed by atoms with Gasteiger partial charge in [-0.1, -0.05) is 16.8 Å². The molecule has 1 atom stereocenters. The zero-order chi connectivity index (χ0) is 21.6. The number of thiazole rings is 1. The van der Waals surface area contributed by atoms with Crippen molar-refractivity contribution in [2.24, 2.45) is 0 Å². The molecule has 1 saturated carbocycles. The lowest BCUT2D eigenvalue weighted by atomic mass is 9.80. The summed E-state index contributed by atoms with van der Waals surface area (Å²) in [6, 6.07) is 4.91. The SMILES string of the molecule is CC(=O)N[C@@H](C)c1cc(C2CC(Oc3ccc4nc(C(C)(F)F)sc4c3Cl)C2)no1. The smallest absolute Gasteiger partial charge is 0.296 e.